The topological polar surface area (TPSA) is 41.1 Å². The molecule has 0 aliphatic carbocycles. The second-order valence-corrected chi connectivity index (χ2v) is 4.32. The van der Waals surface area contributed by atoms with E-state index in [-0.39, 0.29) is 0 Å². The smallest absolute Gasteiger partial charge is 0.137 e. The van der Waals surface area contributed by atoms with E-state index in [1.54, 1.807) is 6.33 Å². The van der Waals surface area contributed by atoms with E-state index >= 15 is 0 Å². The van der Waals surface area contributed by atoms with Crippen molar-refractivity contribution in [3.63, 3.8) is 0 Å². The Labute approximate surface area is 97.1 Å². The predicted octanol–water partition coefficient (Wildman–Crippen LogP) is 2.21. The standard InChI is InChI=1S/C12H20N4/c1-10-11(13-2)14-9-15-12(10)16-7-5-3-4-6-8-16/h9H,3-8H2,1-2H3,(H,13,14,15). The molecule has 0 bridgehead atoms. The lowest BCUT2D eigenvalue weighted by Crippen LogP contribution is -2.26. The number of rotatable bonds is 2. The van der Waals surface area contributed by atoms with Crippen LogP contribution in [-0.2, 0) is 0 Å². The van der Waals surface area contributed by atoms with Crippen LogP contribution in [0.25, 0.3) is 0 Å². The molecule has 1 aliphatic rings. The number of hydrogen-bond donors (Lipinski definition) is 1. The Morgan fingerprint density at radius 3 is 2.44 bits per heavy atom. The molecule has 0 aromatic carbocycles. The van der Waals surface area contributed by atoms with Crippen LogP contribution in [0.1, 0.15) is 31.2 Å². The molecule has 0 unspecified atom stereocenters. The van der Waals surface area contributed by atoms with Gasteiger partial charge in [-0.2, -0.15) is 0 Å². The fourth-order valence-electron chi connectivity index (χ4n) is 2.29. The molecular weight excluding hydrogens is 200 g/mol. The van der Waals surface area contributed by atoms with Crippen LogP contribution < -0.4 is 10.2 Å². The van der Waals surface area contributed by atoms with Gasteiger partial charge in [0.2, 0.25) is 0 Å². The number of aromatic nitrogens is 2. The number of anilines is 2. The lowest BCUT2D eigenvalue weighted by Gasteiger charge is -2.23. The molecule has 2 rings (SSSR count). The van der Waals surface area contributed by atoms with Crippen molar-refractivity contribution >= 4 is 11.6 Å². The zero-order chi connectivity index (χ0) is 11.4. The normalized spacial score (nSPS) is 17.0. The molecule has 1 N–H and O–H groups in total. The highest BCUT2D eigenvalue weighted by molar-refractivity contribution is 5.57. The summed E-state index contributed by atoms with van der Waals surface area (Å²) in [4.78, 5) is 11.0. The van der Waals surface area contributed by atoms with Crippen molar-refractivity contribution < 1.29 is 0 Å². The average Bonchev–Trinajstić information content (AvgIpc) is 2.58. The van der Waals surface area contributed by atoms with Gasteiger partial charge < -0.3 is 10.2 Å². The van der Waals surface area contributed by atoms with Crippen molar-refractivity contribution in [3.05, 3.63) is 11.9 Å². The molecule has 1 saturated heterocycles. The molecule has 1 aromatic heterocycles. The summed E-state index contributed by atoms with van der Waals surface area (Å²) in [6.07, 6.45) is 6.90. The molecule has 0 amide bonds. The third-order valence-electron chi connectivity index (χ3n) is 3.20. The Hall–Kier alpha value is -1.32. The Kier molecular flexibility index (Phi) is 3.59. The average molecular weight is 220 g/mol. The molecule has 0 spiro atoms. The van der Waals surface area contributed by atoms with E-state index in [0.29, 0.717) is 0 Å². The second-order valence-electron chi connectivity index (χ2n) is 4.32. The Balaban J connectivity index is 2.24. The van der Waals surface area contributed by atoms with Gasteiger partial charge >= 0.3 is 0 Å². The molecule has 2 heterocycles. The van der Waals surface area contributed by atoms with Crippen molar-refractivity contribution in [2.24, 2.45) is 0 Å². The zero-order valence-electron chi connectivity index (χ0n) is 10.2. The summed E-state index contributed by atoms with van der Waals surface area (Å²) in [7, 11) is 1.90. The maximum absolute atomic E-state index is 4.43. The third kappa shape index (κ3) is 2.26. The van der Waals surface area contributed by atoms with E-state index < -0.39 is 0 Å². The van der Waals surface area contributed by atoms with Gasteiger partial charge in [-0.3, -0.25) is 0 Å². The highest BCUT2D eigenvalue weighted by Crippen LogP contribution is 2.24. The highest BCUT2D eigenvalue weighted by atomic mass is 15.2. The van der Waals surface area contributed by atoms with Crippen LogP contribution in [0.15, 0.2) is 6.33 Å². The minimum absolute atomic E-state index is 0.939. The van der Waals surface area contributed by atoms with Gasteiger partial charge in [0.15, 0.2) is 0 Å². The Bertz CT molecular complexity index is 343. The minimum Gasteiger partial charge on any atom is -0.373 e. The maximum atomic E-state index is 4.43. The SMILES string of the molecule is CNc1ncnc(N2CCCCCC2)c1C. The van der Waals surface area contributed by atoms with E-state index in [1.165, 1.54) is 25.7 Å². The summed E-state index contributed by atoms with van der Waals surface area (Å²) in [6, 6.07) is 0. The van der Waals surface area contributed by atoms with Gasteiger partial charge in [0.25, 0.3) is 0 Å². The van der Waals surface area contributed by atoms with Gasteiger partial charge in [-0.25, -0.2) is 9.97 Å². The predicted molar refractivity (Wildman–Crippen MR) is 67.0 cm³/mol. The van der Waals surface area contributed by atoms with Crippen molar-refractivity contribution in [2.75, 3.05) is 30.4 Å². The van der Waals surface area contributed by atoms with Crippen molar-refractivity contribution in [2.45, 2.75) is 32.6 Å². The van der Waals surface area contributed by atoms with Crippen molar-refractivity contribution in [3.8, 4) is 0 Å². The van der Waals surface area contributed by atoms with E-state index in [0.717, 1.165) is 30.3 Å². The fraction of sp³-hybridized carbons (Fsp3) is 0.667. The van der Waals surface area contributed by atoms with Gasteiger partial charge in [-0.05, 0) is 19.8 Å². The molecule has 0 radical (unpaired) electrons. The maximum Gasteiger partial charge on any atom is 0.137 e. The molecule has 0 saturated carbocycles. The Morgan fingerprint density at radius 2 is 1.81 bits per heavy atom. The summed E-state index contributed by atoms with van der Waals surface area (Å²) in [5, 5.41) is 3.11. The molecule has 4 nitrogen and oxygen atoms in total. The minimum atomic E-state index is 0.939. The first-order chi connectivity index (χ1) is 7.83. The van der Waals surface area contributed by atoms with Crippen LogP contribution in [0.4, 0.5) is 11.6 Å². The van der Waals surface area contributed by atoms with Gasteiger partial charge in [0, 0.05) is 25.7 Å². The molecule has 1 aliphatic heterocycles. The van der Waals surface area contributed by atoms with Gasteiger partial charge in [-0.1, -0.05) is 12.8 Å². The van der Waals surface area contributed by atoms with Crippen LogP contribution in [0, 0.1) is 6.92 Å². The van der Waals surface area contributed by atoms with Crippen LogP contribution in [0.5, 0.6) is 0 Å². The van der Waals surface area contributed by atoms with E-state index in [1.807, 2.05) is 7.05 Å². The van der Waals surface area contributed by atoms with Crippen LogP contribution in [0.3, 0.4) is 0 Å². The van der Waals surface area contributed by atoms with Gasteiger partial charge in [0.1, 0.15) is 18.0 Å². The monoisotopic (exact) mass is 220 g/mol. The molecule has 1 aromatic rings. The van der Waals surface area contributed by atoms with E-state index in [2.05, 4.69) is 27.1 Å². The highest BCUT2D eigenvalue weighted by Gasteiger charge is 2.15. The van der Waals surface area contributed by atoms with Gasteiger partial charge in [-0.15, -0.1) is 0 Å². The summed E-state index contributed by atoms with van der Waals surface area (Å²) < 4.78 is 0. The van der Waals surface area contributed by atoms with Crippen molar-refractivity contribution in [1.82, 2.24) is 9.97 Å². The molecule has 88 valence electrons. The number of hydrogen-bond acceptors (Lipinski definition) is 4. The van der Waals surface area contributed by atoms with Crippen LogP contribution >= 0.6 is 0 Å². The zero-order valence-corrected chi connectivity index (χ0v) is 10.2. The fourth-order valence-corrected chi connectivity index (χ4v) is 2.29. The summed E-state index contributed by atoms with van der Waals surface area (Å²) in [6.45, 7) is 4.34. The first kappa shape index (κ1) is 11.2. The van der Waals surface area contributed by atoms with Crippen molar-refractivity contribution in [1.29, 1.82) is 0 Å². The molecule has 4 heteroatoms. The molecule has 1 fully saturated rings. The third-order valence-corrected chi connectivity index (χ3v) is 3.20. The Morgan fingerprint density at radius 1 is 1.12 bits per heavy atom. The molecule has 16 heavy (non-hydrogen) atoms. The number of nitrogens with zero attached hydrogens (tertiary/aromatic N) is 3. The quantitative estimate of drug-likeness (QED) is 0.829. The van der Waals surface area contributed by atoms with Gasteiger partial charge in [0.05, 0.1) is 0 Å². The van der Waals surface area contributed by atoms with Crippen LogP contribution in [0.2, 0.25) is 0 Å². The summed E-state index contributed by atoms with van der Waals surface area (Å²) in [5.74, 6) is 2.04. The molecule has 0 atom stereocenters. The summed E-state index contributed by atoms with van der Waals surface area (Å²) >= 11 is 0. The molecular formula is C12H20N4. The lowest BCUT2D eigenvalue weighted by molar-refractivity contribution is 0.726. The van der Waals surface area contributed by atoms with E-state index in [4.69, 9.17) is 0 Å². The van der Waals surface area contributed by atoms with E-state index in [9.17, 15) is 0 Å². The number of nitrogens with one attached hydrogen (secondary N) is 1. The lowest BCUT2D eigenvalue weighted by atomic mass is 10.2. The largest absolute Gasteiger partial charge is 0.373 e. The van der Waals surface area contributed by atoms with Crippen LogP contribution in [-0.4, -0.2) is 30.1 Å². The second kappa shape index (κ2) is 5.14. The first-order valence-corrected chi connectivity index (χ1v) is 6.07. The first-order valence-electron chi connectivity index (χ1n) is 6.07. The summed E-state index contributed by atoms with van der Waals surface area (Å²) in [5.41, 5.74) is 1.16.